The molecule has 0 saturated heterocycles. The van der Waals surface area contributed by atoms with Gasteiger partial charge in [0.1, 0.15) is 0 Å². The molecule has 0 spiro atoms. The van der Waals surface area contributed by atoms with Crippen molar-refractivity contribution in [1.29, 1.82) is 0 Å². The van der Waals surface area contributed by atoms with Gasteiger partial charge in [0, 0.05) is 35.0 Å². The van der Waals surface area contributed by atoms with Gasteiger partial charge in [-0.15, -0.1) is 0 Å². The van der Waals surface area contributed by atoms with Gasteiger partial charge in [-0.05, 0) is 42.3 Å². The second kappa shape index (κ2) is 4.29. The summed E-state index contributed by atoms with van der Waals surface area (Å²) >= 11 is 5.95. The standard InChI is InChI=1S/C16H14ClF2NO/c17-11-2-1-9-3-4-20(15(21)13(9)6-11)12-5-10-8-16(18,19)14(10)7-12/h1-4,6,10,12,14H,5,7-8H2/t10-,12+,14-/m0/s1. The van der Waals surface area contributed by atoms with Crippen molar-refractivity contribution in [3.63, 3.8) is 0 Å². The molecule has 0 N–H and O–H groups in total. The van der Waals surface area contributed by atoms with E-state index in [1.165, 1.54) is 0 Å². The maximum atomic E-state index is 13.5. The molecule has 2 aliphatic carbocycles. The zero-order valence-electron chi connectivity index (χ0n) is 11.2. The number of pyridine rings is 1. The highest BCUT2D eigenvalue weighted by Crippen LogP contribution is 2.59. The maximum absolute atomic E-state index is 13.5. The second-order valence-corrected chi connectivity index (χ2v) is 6.65. The Labute approximate surface area is 125 Å². The highest BCUT2D eigenvalue weighted by Gasteiger charge is 2.60. The van der Waals surface area contributed by atoms with Crippen molar-refractivity contribution >= 4 is 22.4 Å². The summed E-state index contributed by atoms with van der Waals surface area (Å²) in [4.78, 5) is 12.6. The Hall–Kier alpha value is -1.42. The first-order valence-electron chi connectivity index (χ1n) is 7.14. The number of benzene rings is 1. The van der Waals surface area contributed by atoms with Crippen LogP contribution in [0.1, 0.15) is 25.3 Å². The van der Waals surface area contributed by atoms with Gasteiger partial charge in [0.05, 0.1) is 0 Å². The first-order valence-corrected chi connectivity index (χ1v) is 7.52. The molecule has 0 aliphatic heterocycles. The summed E-state index contributed by atoms with van der Waals surface area (Å²) in [5.74, 6) is -3.03. The van der Waals surface area contributed by atoms with Crippen LogP contribution in [0, 0.1) is 11.8 Å². The molecule has 2 aromatic rings. The van der Waals surface area contributed by atoms with Crippen molar-refractivity contribution in [3.8, 4) is 0 Å². The number of alkyl halides is 2. The quantitative estimate of drug-likeness (QED) is 0.771. The lowest BCUT2D eigenvalue weighted by molar-refractivity contribution is -0.160. The molecular weight excluding hydrogens is 296 g/mol. The minimum Gasteiger partial charge on any atom is -0.312 e. The minimum atomic E-state index is -2.54. The molecule has 1 heterocycles. The van der Waals surface area contributed by atoms with Gasteiger partial charge < -0.3 is 4.57 Å². The fraction of sp³-hybridized carbons (Fsp3) is 0.438. The smallest absolute Gasteiger partial charge is 0.258 e. The Balaban J connectivity index is 1.75. The summed E-state index contributed by atoms with van der Waals surface area (Å²) in [7, 11) is 0. The topological polar surface area (TPSA) is 22.0 Å². The molecule has 2 fully saturated rings. The molecule has 2 aliphatic rings. The SMILES string of the molecule is O=c1c2cc(Cl)ccc2ccn1[C@@H]1C[C@H]2CC(F)(F)[C@H]2C1. The first-order chi connectivity index (χ1) is 9.95. The van der Waals surface area contributed by atoms with Gasteiger partial charge in [-0.25, -0.2) is 8.78 Å². The summed E-state index contributed by atoms with van der Waals surface area (Å²) in [6.45, 7) is 0. The van der Waals surface area contributed by atoms with Crippen LogP contribution < -0.4 is 5.56 Å². The number of aromatic nitrogens is 1. The van der Waals surface area contributed by atoms with Crippen LogP contribution in [0.3, 0.4) is 0 Å². The highest BCUT2D eigenvalue weighted by atomic mass is 35.5. The third kappa shape index (κ3) is 1.92. The molecule has 5 heteroatoms. The molecule has 110 valence electrons. The number of fused-ring (bicyclic) bond motifs is 2. The van der Waals surface area contributed by atoms with E-state index in [2.05, 4.69) is 0 Å². The fourth-order valence-electron chi connectivity index (χ4n) is 3.92. The lowest BCUT2D eigenvalue weighted by Gasteiger charge is -2.39. The van der Waals surface area contributed by atoms with Crippen molar-refractivity contribution in [2.45, 2.75) is 31.2 Å². The monoisotopic (exact) mass is 309 g/mol. The molecule has 1 aromatic heterocycles. The highest BCUT2D eigenvalue weighted by molar-refractivity contribution is 6.31. The zero-order chi connectivity index (χ0) is 14.8. The van der Waals surface area contributed by atoms with Crippen LogP contribution >= 0.6 is 11.6 Å². The van der Waals surface area contributed by atoms with Gasteiger partial charge in [-0.1, -0.05) is 17.7 Å². The van der Waals surface area contributed by atoms with Crippen LogP contribution in [0.5, 0.6) is 0 Å². The summed E-state index contributed by atoms with van der Waals surface area (Å²) in [5.41, 5.74) is -0.135. The average Bonchev–Trinajstić information content (AvgIpc) is 2.79. The molecule has 0 unspecified atom stereocenters. The maximum Gasteiger partial charge on any atom is 0.258 e. The molecule has 3 atom stereocenters. The number of halogens is 3. The first kappa shape index (κ1) is 13.3. The van der Waals surface area contributed by atoms with E-state index in [1.54, 1.807) is 29.0 Å². The third-order valence-electron chi connectivity index (χ3n) is 5.04. The van der Waals surface area contributed by atoms with Crippen molar-refractivity contribution in [1.82, 2.24) is 4.57 Å². The lowest BCUT2D eigenvalue weighted by atomic mass is 9.72. The Morgan fingerprint density at radius 2 is 2.05 bits per heavy atom. The van der Waals surface area contributed by atoms with Crippen molar-refractivity contribution in [2.24, 2.45) is 11.8 Å². The molecule has 0 radical (unpaired) electrons. The molecule has 2 nitrogen and oxygen atoms in total. The predicted molar refractivity (Wildman–Crippen MR) is 78.0 cm³/mol. The second-order valence-electron chi connectivity index (χ2n) is 6.22. The fourth-order valence-corrected chi connectivity index (χ4v) is 4.09. The Morgan fingerprint density at radius 1 is 1.24 bits per heavy atom. The Bertz CT molecular complexity index is 785. The van der Waals surface area contributed by atoms with Crippen LogP contribution in [0.4, 0.5) is 8.78 Å². The summed E-state index contributed by atoms with van der Waals surface area (Å²) in [5, 5.41) is 1.89. The molecule has 2 saturated carbocycles. The van der Waals surface area contributed by atoms with Gasteiger partial charge in [0.2, 0.25) is 0 Å². The van der Waals surface area contributed by atoms with E-state index in [4.69, 9.17) is 11.6 Å². The Kier molecular flexibility index (Phi) is 2.71. The molecule has 21 heavy (non-hydrogen) atoms. The number of hydrogen-bond donors (Lipinski definition) is 0. The predicted octanol–water partition coefficient (Wildman–Crippen LogP) is 4.26. The van der Waals surface area contributed by atoms with Gasteiger partial charge in [0.25, 0.3) is 11.5 Å². The lowest BCUT2D eigenvalue weighted by Crippen LogP contribution is -2.43. The van der Waals surface area contributed by atoms with E-state index in [1.807, 2.05) is 6.07 Å². The summed E-state index contributed by atoms with van der Waals surface area (Å²) < 4.78 is 28.6. The van der Waals surface area contributed by atoms with Crippen molar-refractivity contribution in [2.75, 3.05) is 0 Å². The normalized spacial score (nSPS) is 30.1. The van der Waals surface area contributed by atoms with Gasteiger partial charge in [0.15, 0.2) is 0 Å². The minimum absolute atomic E-state index is 0.0255. The molecular formula is C16H14ClF2NO. The zero-order valence-corrected chi connectivity index (χ0v) is 12.0. The summed E-state index contributed by atoms with van der Waals surface area (Å²) in [6.07, 6.45) is 2.77. The number of hydrogen-bond acceptors (Lipinski definition) is 1. The molecule has 1 aromatic carbocycles. The van der Waals surface area contributed by atoms with E-state index < -0.39 is 11.8 Å². The van der Waals surface area contributed by atoms with Crippen LogP contribution in [0.2, 0.25) is 5.02 Å². The van der Waals surface area contributed by atoms with E-state index in [-0.39, 0.29) is 23.9 Å². The Morgan fingerprint density at radius 3 is 2.76 bits per heavy atom. The van der Waals surface area contributed by atoms with Crippen LogP contribution in [0.15, 0.2) is 35.3 Å². The van der Waals surface area contributed by atoms with Gasteiger partial charge >= 0.3 is 0 Å². The third-order valence-corrected chi connectivity index (χ3v) is 5.27. The molecule has 4 rings (SSSR count). The van der Waals surface area contributed by atoms with Crippen molar-refractivity contribution in [3.05, 3.63) is 45.8 Å². The van der Waals surface area contributed by atoms with E-state index in [9.17, 15) is 13.6 Å². The van der Waals surface area contributed by atoms with Gasteiger partial charge in [-0.3, -0.25) is 4.79 Å². The van der Waals surface area contributed by atoms with Crippen molar-refractivity contribution < 1.29 is 8.78 Å². The van der Waals surface area contributed by atoms with Gasteiger partial charge in [-0.2, -0.15) is 0 Å². The van der Waals surface area contributed by atoms with E-state index in [0.29, 0.717) is 23.3 Å². The van der Waals surface area contributed by atoms with E-state index in [0.717, 1.165) is 5.39 Å². The van der Waals surface area contributed by atoms with E-state index >= 15 is 0 Å². The largest absolute Gasteiger partial charge is 0.312 e. The molecule has 0 bridgehead atoms. The number of nitrogens with zero attached hydrogens (tertiary/aromatic N) is 1. The average molecular weight is 310 g/mol. The van der Waals surface area contributed by atoms with Crippen LogP contribution in [-0.4, -0.2) is 10.5 Å². The summed E-state index contributed by atoms with van der Waals surface area (Å²) in [6, 6.07) is 6.92. The van der Waals surface area contributed by atoms with Crippen LogP contribution in [0.25, 0.3) is 10.8 Å². The van der Waals surface area contributed by atoms with Crippen LogP contribution in [-0.2, 0) is 0 Å². The number of rotatable bonds is 1. The molecule has 0 amide bonds.